The van der Waals surface area contributed by atoms with Crippen LogP contribution in [0.3, 0.4) is 0 Å². The first kappa shape index (κ1) is 15.1. The Labute approximate surface area is 141 Å². The largest absolute Gasteiger partial charge is 0.341 e. The van der Waals surface area contributed by atoms with E-state index in [0.29, 0.717) is 11.1 Å². The van der Waals surface area contributed by atoms with Gasteiger partial charge in [-0.05, 0) is 70.7 Å². The minimum absolute atomic E-state index is 0.250. The van der Waals surface area contributed by atoms with Gasteiger partial charge >= 0.3 is 0 Å². The van der Waals surface area contributed by atoms with Crippen LogP contribution in [0.25, 0.3) is 0 Å². The maximum atomic E-state index is 6.06. The van der Waals surface area contributed by atoms with Gasteiger partial charge in [-0.3, -0.25) is 0 Å². The summed E-state index contributed by atoms with van der Waals surface area (Å²) in [4.78, 5) is 16.3. The number of aromatic nitrogens is 3. The van der Waals surface area contributed by atoms with Crippen LogP contribution in [0.1, 0.15) is 19.3 Å². The van der Waals surface area contributed by atoms with Crippen molar-refractivity contribution in [1.82, 2.24) is 15.0 Å². The minimum atomic E-state index is 0.250. The lowest BCUT2D eigenvalue weighted by Gasteiger charge is -2.26. The van der Waals surface area contributed by atoms with E-state index in [1.165, 1.54) is 31.0 Å². The molecule has 1 aromatic heterocycles. The molecule has 1 saturated heterocycles. The van der Waals surface area contributed by atoms with Crippen LogP contribution in [0.2, 0.25) is 5.28 Å². The molecule has 1 aromatic carbocycles. The summed E-state index contributed by atoms with van der Waals surface area (Å²) in [5.74, 6) is 0.684. The van der Waals surface area contributed by atoms with Crippen LogP contribution in [-0.2, 0) is 0 Å². The number of rotatable bonds is 3. The van der Waals surface area contributed by atoms with Crippen LogP contribution < -0.4 is 4.90 Å². The monoisotopic (exact) mass is 384 g/mol. The van der Waals surface area contributed by atoms with E-state index in [4.69, 9.17) is 11.6 Å². The van der Waals surface area contributed by atoms with Gasteiger partial charge in [0.25, 0.3) is 0 Å². The zero-order valence-corrected chi connectivity index (χ0v) is 14.5. The van der Waals surface area contributed by atoms with Crippen LogP contribution in [0.5, 0.6) is 0 Å². The lowest BCUT2D eigenvalue weighted by molar-refractivity contribution is 0.564. The molecule has 21 heavy (non-hydrogen) atoms. The predicted molar refractivity (Wildman–Crippen MR) is 89.2 cm³/mol. The maximum Gasteiger partial charge on any atom is 0.230 e. The lowest BCUT2D eigenvalue weighted by Crippen LogP contribution is -2.31. The normalized spacial score (nSPS) is 15.2. The van der Waals surface area contributed by atoms with Gasteiger partial charge in [-0.1, -0.05) is 12.1 Å². The molecule has 0 amide bonds. The van der Waals surface area contributed by atoms with Crippen molar-refractivity contribution in [2.24, 2.45) is 0 Å². The highest BCUT2D eigenvalue weighted by atomic mass is 79.9. The Hall–Kier alpha value is -0.850. The van der Waals surface area contributed by atoms with E-state index in [2.05, 4.69) is 35.8 Å². The van der Waals surface area contributed by atoms with Crippen molar-refractivity contribution in [2.45, 2.75) is 29.3 Å². The molecule has 1 aliphatic rings. The maximum absolute atomic E-state index is 6.06. The lowest BCUT2D eigenvalue weighted by atomic mass is 10.1. The van der Waals surface area contributed by atoms with Gasteiger partial charge < -0.3 is 4.90 Å². The van der Waals surface area contributed by atoms with Gasteiger partial charge in [-0.2, -0.15) is 15.0 Å². The molecule has 3 rings (SSSR count). The quantitative estimate of drug-likeness (QED) is 0.782. The second-order valence-electron chi connectivity index (χ2n) is 4.77. The smallest absolute Gasteiger partial charge is 0.230 e. The number of hydrogen-bond acceptors (Lipinski definition) is 5. The van der Waals surface area contributed by atoms with Crippen molar-refractivity contribution in [3.8, 4) is 0 Å². The standard InChI is InChI=1S/C14H14BrClN4S/c15-10-6-2-3-7-11(10)21-14-18-12(16)17-13(19-14)20-8-4-1-5-9-20/h2-3,6-7H,1,4-5,8-9H2. The third-order valence-corrected chi connectivity index (χ3v) is 5.32. The van der Waals surface area contributed by atoms with Gasteiger partial charge in [0.05, 0.1) is 0 Å². The molecule has 1 aliphatic heterocycles. The average Bonchev–Trinajstić information content (AvgIpc) is 2.50. The summed E-state index contributed by atoms with van der Waals surface area (Å²) >= 11 is 11.1. The summed E-state index contributed by atoms with van der Waals surface area (Å²) in [6, 6.07) is 7.98. The highest BCUT2D eigenvalue weighted by Crippen LogP contribution is 2.32. The van der Waals surface area contributed by atoms with Crippen molar-refractivity contribution >= 4 is 45.2 Å². The molecule has 0 spiro atoms. The molecule has 0 atom stereocenters. The van der Waals surface area contributed by atoms with Crippen LogP contribution in [0.4, 0.5) is 5.95 Å². The number of halogens is 2. The van der Waals surface area contributed by atoms with E-state index in [0.717, 1.165) is 22.5 Å². The average molecular weight is 386 g/mol. The Morgan fingerprint density at radius 1 is 1.05 bits per heavy atom. The molecule has 2 aromatic rings. The zero-order valence-electron chi connectivity index (χ0n) is 11.3. The molecule has 4 nitrogen and oxygen atoms in total. The molecule has 0 radical (unpaired) electrons. The summed E-state index contributed by atoms with van der Waals surface area (Å²) in [5, 5.41) is 0.877. The van der Waals surface area contributed by atoms with E-state index in [1.54, 1.807) is 0 Å². The van der Waals surface area contributed by atoms with Crippen molar-refractivity contribution in [1.29, 1.82) is 0 Å². The summed E-state index contributed by atoms with van der Waals surface area (Å²) < 4.78 is 1.02. The van der Waals surface area contributed by atoms with Gasteiger partial charge in [-0.15, -0.1) is 0 Å². The molecule has 0 N–H and O–H groups in total. The van der Waals surface area contributed by atoms with E-state index < -0.39 is 0 Å². The third-order valence-electron chi connectivity index (χ3n) is 3.25. The van der Waals surface area contributed by atoms with E-state index in [1.807, 2.05) is 24.3 Å². The Morgan fingerprint density at radius 2 is 1.81 bits per heavy atom. The molecule has 2 heterocycles. The minimum Gasteiger partial charge on any atom is -0.341 e. The first-order chi connectivity index (χ1) is 10.2. The Balaban J connectivity index is 1.85. The van der Waals surface area contributed by atoms with Gasteiger partial charge in [-0.25, -0.2) is 0 Å². The summed E-state index contributed by atoms with van der Waals surface area (Å²) in [6.07, 6.45) is 3.62. The van der Waals surface area contributed by atoms with Crippen molar-refractivity contribution in [3.63, 3.8) is 0 Å². The summed E-state index contributed by atoms with van der Waals surface area (Å²) in [6.45, 7) is 1.97. The zero-order chi connectivity index (χ0) is 14.7. The van der Waals surface area contributed by atoms with Crippen molar-refractivity contribution < 1.29 is 0 Å². The second kappa shape index (κ2) is 6.94. The second-order valence-corrected chi connectivity index (χ2v) is 6.97. The molecule has 110 valence electrons. The van der Waals surface area contributed by atoms with E-state index in [9.17, 15) is 0 Å². The summed E-state index contributed by atoms with van der Waals surface area (Å²) in [7, 11) is 0. The van der Waals surface area contributed by atoms with Crippen LogP contribution in [-0.4, -0.2) is 28.0 Å². The van der Waals surface area contributed by atoms with Crippen molar-refractivity contribution in [2.75, 3.05) is 18.0 Å². The molecule has 0 bridgehead atoms. The molecular formula is C14H14BrClN4S. The Morgan fingerprint density at radius 3 is 2.57 bits per heavy atom. The van der Waals surface area contributed by atoms with Crippen LogP contribution >= 0.6 is 39.3 Å². The van der Waals surface area contributed by atoms with Crippen LogP contribution in [0, 0.1) is 0 Å². The molecule has 0 unspecified atom stereocenters. The number of anilines is 1. The molecule has 0 aliphatic carbocycles. The molecule has 7 heteroatoms. The Bertz CT molecular complexity index is 634. The molecule has 0 saturated carbocycles. The van der Waals surface area contributed by atoms with Gasteiger partial charge in [0.1, 0.15) is 0 Å². The fraction of sp³-hybridized carbons (Fsp3) is 0.357. The topological polar surface area (TPSA) is 41.9 Å². The van der Waals surface area contributed by atoms with E-state index in [-0.39, 0.29) is 5.28 Å². The fourth-order valence-electron chi connectivity index (χ4n) is 2.23. The number of hydrogen-bond donors (Lipinski definition) is 0. The van der Waals surface area contributed by atoms with E-state index >= 15 is 0 Å². The summed E-state index contributed by atoms with van der Waals surface area (Å²) in [5.41, 5.74) is 0. The fourth-order valence-corrected chi connectivity index (χ4v) is 3.73. The third kappa shape index (κ3) is 3.87. The number of nitrogens with zero attached hydrogens (tertiary/aromatic N) is 4. The first-order valence-corrected chi connectivity index (χ1v) is 8.80. The molecule has 1 fully saturated rings. The SMILES string of the molecule is Clc1nc(Sc2ccccc2Br)nc(N2CCCCC2)n1. The number of piperidine rings is 1. The number of benzene rings is 1. The van der Waals surface area contributed by atoms with Gasteiger partial charge in [0, 0.05) is 22.5 Å². The van der Waals surface area contributed by atoms with Gasteiger partial charge in [0.15, 0.2) is 5.16 Å². The first-order valence-electron chi connectivity index (χ1n) is 6.81. The highest BCUT2D eigenvalue weighted by Gasteiger charge is 2.16. The highest BCUT2D eigenvalue weighted by molar-refractivity contribution is 9.10. The van der Waals surface area contributed by atoms with Crippen LogP contribution in [0.15, 0.2) is 38.8 Å². The van der Waals surface area contributed by atoms with Gasteiger partial charge in [0.2, 0.25) is 11.2 Å². The molecular weight excluding hydrogens is 372 g/mol. The predicted octanol–water partition coefficient (Wildman–Crippen LogP) is 4.43. The van der Waals surface area contributed by atoms with Crippen molar-refractivity contribution in [3.05, 3.63) is 34.0 Å². The Kier molecular flexibility index (Phi) is 4.98.